The first-order chi connectivity index (χ1) is 9.21. The van der Waals surface area contributed by atoms with Crippen LogP contribution < -0.4 is 10.3 Å². The first kappa shape index (κ1) is 12.2. The number of aromatic amines is 1. The number of H-pyrrole nitrogens is 1. The Morgan fingerprint density at radius 2 is 1.84 bits per heavy atom. The SMILES string of the molecule is O=c1o[nH][n+](-c2ccccc2)c1C1(O)CCCCC1. The summed E-state index contributed by atoms with van der Waals surface area (Å²) in [5.74, 6) is 0. The van der Waals surface area contributed by atoms with Gasteiger partial charge in [-0.1, -0.05) is 24.6 Å². The van der Waals surface area contributed by atoms with Crippen molar-refractivity contribution in [3.63, 3.8) is 0 Å². The van der Waals surface area contributed by atoms with Crippen LogP contribution in [0.2, 0.25) is 0 Å². The largest absolute Gasteiger partial charge is 0.433 e. The number of hydrogen-bond donors (Lipinski definition) is 2. The number of nitrogens with one attached hydrogen (secondary N) is 1. The molecular weight excluding hydrogens is 244 g/mol. The van der Waals surface area contributed by atoms with Crippen LogP contribution in [0.25, 0.3) is 5.69 Å². The van der Waals surface area contributed by atoms with Gasteiger partial charge in [0.1, 0.15) is 0 Å². The van der Waals surface area contributed by atoms with Crippen molar-refractivity contribution in [2.45, 2.75) is 37.7 Å². The number of nitrogens with zero attached hydrogens (tertiary/aromatic N) is 1. The third-order valence-corrected chi connectivity index (χ3v) is 3.78. The van der Waals surface area contributed by atoms with Crippen LogP contribution in [0.3, 0.4) is 0 Å². The molecule has 1 saturated carbocycles. The zero-order chi connectivity index (χ0) is 13.3. The number of para-hydroxylation sites is 1. The molecule has 100 valence electrons. The smallest absolute Gasteiger partial charge is 0.378 e. The van der Waals surface area contributed by atoms with E-state index in [1.807, 2.05) is 30.3 Å². The number of rotatable bonds is 2. The predicted octanol–water partition coefficient (Wildman–Crippen LogP) is 1.40. The molecule has 1 aliphatic rings. The fraction of sp³-hybridized carbons (Fsp3) is 0.429. The van der Waals surface area contributed by atoms with Gasteiger partial charge >= 0.3 is 11.3 Å². The summed E-state index contributed by atoms with van der Waals surface area (Å²) >= 11 is 0. The van der Waals surface area contributed by atoms with Crippen LogP contribution in [-0.4, -0.2) is 10.4 Å². The van der Waals surface area contributed by atoms with E-state index in [0.29, 0.717) is 18.5 Å². The minimum absolute atomic E-state index is 0.304. The van der Waals surface area contributed by atoms with Gasteiger partial charge in [-0.25, -0.2) is 4.79 Å². The Bertz CT molecular complexity index is 609. The molecule has 0 radical (unpaired) electrons. The van der Waals surface area contributed by atoms with Crippen molar-refractivity contribution >= 4 is 0 Å². The number of benzene rings is 1. The second-order valence-electron chi connectivity index (χ2n) is 5.09. The van der Waals surface area contributed by atoms with Crippen LogP contribution in [-0.2, 0) is 5.60 Å². The van der Waals surface area contributed by atoms with E-state index in [1.165, 1.54) is 0 Å². The highest BCUT2D eigenvalue weighted by Gasteiger charge is 2.45. The lowest BCUT2D eigenvalue weighted by atomic mass is 9.82. The summed E-state index contributed by atoms with van der Waals surface area (Å²) in [7, 11) is 0. The van der Waals surface area contributed by atoms with Crippen molar-refractivity contribution in [2.24, 2.45) is 0 Å². The molecule has 0 atom stereocenters. The molecule has 2 aromatic rings. The molecule has 0 amide bonds. The summed E-state index contributed by atoms with van der Waals surface area (Å²) in [6.45, 7) is 0. The highest BCUT2D eigenvalue weighted by Crippen LogP contribution is 2.34. The van der Waals surface area contributed by atoms with Crippen molar-refractivity contribution in [2.75, 3.05) is 0 Å². The lowest BCUT2D eigenvalue weighted by Crippen LogP contribution is -2.48. The van der Waals surface area contributed by atoms with Crippen molar-refractivity contribution in [3.05, 3.63) is 46.4 Å². The van der Waals surface area contributed by atoms with Gasteiger partial charge in [-0.05, 0) is 35.6 Å². The highest BCUT2D eigenvalue weighted by atomic mass is 16.5. The number of hydrogen-bond acceptors (Lipinski definition) is 3. The zero-order valence-electron chi connectivity index (χ0n) is 10.6. The Hall–Kier alpha value is -1.88. The van der Waals surface area contributed by atoms with Gasteiger partial charge in [0.25, 0.3) is 0 Å². The molecule has 0 unspecified atom stereocenters. The summed E-state index contributed by atoms with van der Waals surface area (Å²) in [6, 6.07) is 9.38. The average Bonchev–Trinajstić information content (AvgIpc) is 2.83. The fourth-order valence-electron chi connectivity index (χ4n) is 2.80. The lowest BCUT2D eigenvalue weighted by molar-refractivity contribution is -0.684. The van der Waals surface area contributed by atoms with E-state index in [2.05, 4.69) is 5.27 Å². The Morgan fingerprint density at radius 1 is 1.16 bits per heavy atom. The third-order valence-electron chi connectivity index (χ3n) is 3.78. The van der Waals surface area contributed by atoms with Crippen molar-refractivity contribution in [1.82, 2.24) is 5.27 Å². The quantitative estimate of drug-likeness (QED) is 0.803. The first-order valence-corrected chi connectivity index (χ1v) is 6.62. The van der Waals surface area contributed by atoms with Gasteiger partial charge in [-0.15, -0.1) is 0 Å². The molecule has 1 heterocycles. The molecule has 2 N–H and O–H groups in total. The maximum absolute atomic E-state index is 11.9. The standard InChI is InChI=1S/C14H16N2O3/c17-13-12(14(18)9-5-2-6-10-14)16(15-19-13)11-7-3-1-4-8-11/h1,3-4,7-8,18H,2,5-6,9-10H2/p+1. The van der Waals surface area contributed by atoms with Crippen molar-refractivity contribution in [3.8, 4) is 5.69 Å². The number of aromatic nitrogens is 2. The molecule has 1 aliphatic carbocycles. The summed E-state index contributed by atoms with van der Waals surface area (Å²) in [5.41, 5.74) is -0.497. The Morgan fingerprint density at radius 3 is 2.53 bits per heavy atom. The number of aliphatic hydroxyl groups is 1. The van der Waals surface area contributed by atoms with E-state index >= 15 is 0 Å². The van der Waals surface area contributed by atoms with Crippen LogP contribution >= 0.6 is 0 Å². The van der Waals surface area contributed by atoms with Gasteiger partial charge in [0.05, 0.1) is 0 Å². The Balaban J connectivity index is 2.11. The first-order valence-electron chi connectivity index (χ1n) is 6.62. The molecule has 1 aromatic carbocycles. The van der Waals surface area contributed by atoms with Crippen LogP contribution in [0.5, 0.6) is 0 Å². The predicted molar refractivity (Wildman–Crippen MR) is 67.8 cm³/mol. The molecule has 3 rings (SSSR count). The third kappa shape index (κ3) is 2.10. The van der Waals surface area contributed by atoms with E-state index < -0.39 is 11.2 Å². The van der Waals surface area contributed by atoms with Gasteiger partial charge in [-0.3, -0.25) is 4.52 Å². The van der Waals surface area contributed by atoms with Gasteiger partial charge in [0.2, 0.25) is 5.69 Å². The Labute approximate surface area is 110 Å². The van der Waals surface area contributed by atoms with Gasteiger partial charge in [-0.2, -0.15) is 0 Å². The second-order valence-corrected chi connectivity index (χ2v) is 5.09. The molecular formula is C14H17N2O3+. The van der Waals surface area contributed by atoms with E-state index in [4.69, 9.17) is 4.52 Å². The average molecular weight is 261 g/mol. The van der Waals surface area contributed by atoms with E-state index in [1.54, 1.807) is 4.68 Å². The topological polar surface area (TPSA) is 70.1 Å². The van der Waals surface area contributed by atoms with E-state index in [0.717, 1.165) is 24.9 Å². The molecule has 19 heavy (non-hydrogen) atoms. The van der Waals surface area contributed by atoms with Crippen LogP contribution in [0, 0.1) is 0 Å². The second kappa shape index (κ2) is 4.66. The van der Waals surface area contributed by atoms with E-state index in [9.17, 15) is 9.90 Å². The van der Waals surface area contributed by atoms with Crippen molar-refractivity contribution in [1.29, 1.82) is 0 Å². The lowest BCUT2D eigenvalue weighted by Gasteiger charge is -2.26. The van der Waals surface area contributed by atoms with Crippen LogP contribution in [0.1, 0.15) is 37.8 Å². The van der Waals surface area contributed by atoms with Crippen molar-refractivity contribution < 1.29 is 14.3 Å². The summed E-state index contributed by atoms with van der Waals surface area (Å²) in [6.07, 6.45) is 4.15. The molecule has 1 aromatic heterocycles. The minimum atomic E-state index is -1.09. The molecule has 0 spiro atoms. The molecule has 0 aliphatic heterocycles. The molecule has 0 saturated heterocycles. The maximum atomic E-state index is 11.9. The maximum Gasteiger partial charge on any atom is 0.433 e. The highest BCUT2D eigenvalue weighted by molar-refractivity contribution is 5.22. The zero-order valence-corrected chi connectivity index (χ0v) is 10.6. The summed E-state index contributed by atoms with van der Waals surface area (Å²) in [5, 5.41) is 13.3. The molecule has 5 heteroatoms. The Kier molecular flexibility index (Phi) is 2.98. The summed E-state index contributed by atoms with van der Waals surface area (Å²) in [4.78, 5) is 11.9. The summed E-state index contributed by atoms with van der Waals surface area (Å²) < 4.78 is 6.44. The van der Waals surface area contributed by atoms with Gasteiger partial charge < -0.3 is 5.11 Å². The fourth-order valence-corrected chi connectivity index (χ4v) is 2.80. The molecule has 0 bridgehead atoms. The van der Waals surface area contributed by atoms with Gasteiger partial charge in [0, 0.05) is 12.1 Å². The molecule has 5 nitrogen and oxygen atoms in total. The monoisotopic (exact) mass is 261 g/mol. The van der Waals surface area contributed by atoms with Gasteiger partial charge in [0.15, 0.2) is 5.60 Å². The van der Waals surface area contributed by atoms with E-state index in [-0.39, 0.29) is 0 Å². The van der Waals surface area contributed by atoms with Crippen LogP contribution in [0.15, 0.2) is 39.6 Å². The molecule has 1 fully saturated rings. The normalized spacial score (nSPS) is 18.4. The van der Waals surface area contributed by atoms with Crippen LogP contribution in [0.4, 0.5) is 0 Å². The minimum Gasteiger partial charge on any atom is -0.378 e.